The van der Waals surface area contributed by atoms with E-state index in [-0.39, 0.29) is 12.0 Å². The number of amides is 1. The highest BCUT2D eigenvalue weighted by Crippen LogP contribution is 2.35. The maximum Gasteiger partial charge on any atom is 0.225 e. The number of hydrogen-bond acceptors (Lipinski definition) is 8. The van der Waals surface area contributed by atoms with Gasteiger partial charge in [-0.1, -0.05) is 30.7 Å². The predicted octanol–water partition coefficient (Wildman–Crippen LogP) is 4.12. The topological polar surface area (TPSA) is 106 Å². The molecule has 0 bridgehead atoms. The highest BCUT2D eigenvalue weighted by molar-refractivity contribution is 7.18. The van der Waals surface area contributed by atoms with Crippen LogP contribution in [0.3, 0.4) is 0 Å². The summed E-state index contributed by atoms with van der Waals surface area (Å²) in [6.45, 7) is 7.29. The van der Waals surface area contributed by atoms with Crippen LogP contribution in [0.4, 0.5) is 11.8 Å². The summed E-state index contributed by atoms with van der Waals surface area (Å²) in [4.78, 5) is 29.3. The Morgan fingerprint density at radius 3 is 2.89 bits per heavy atom. The molecule has 1 aliphatic carbocycles. The van der Waals surface area contributed by atoms with Crippen LogP contribution < -0.4 is 10.6 Å². The monoisotopic (exact) mass is 518 g/mol. The predicted molar refractivity (Wildman–Crippen MR) is 148 cm³/mol. The number of thiophene rings is 1. The fraction of sp³-hybridized carbons (Fsp3) is 0.519. The lowest BCUT2D eigenvalue weighted by Gasteiger charge is -2.42. The minimum atomic E-state index is 0.0812. The first kappa shape index (κ1) is 24.1. The van der Waals surface area contributed by atoms with E-state index >= 15 is 0 Å². The minimum Gasteiger partial charge on any atom is -0.368 e. The third-order valence-corrected chi connectivity index (χ3v) is 9.16. The van der Waals surface area contributed by atoms with Crippen molar-refractivity contribution in [1.29, 1.82) is 0 Å². The largest absolute Gasteiger partial charge is 0.368 e. The molecule has 1 aliphatic heterocycles. The molecule has 9 nitrogen and oxygen atoms in total. The molecule has 3 unspecified atom stereocenters. The summed E-state index contributed by atoms with van der Waals surface area (Å²) < 4.78 is 2.01. The SMILES string of the molecule is CCc1cc2c(N3CCN(C(=O)C4CCCC(Cn5nnc6ccccc65)C4)CC3C)nc(N)nc2s1. The molecule has 1 amide bonds. The lowest BCUT2D eigenvalue weighted by molar-refractivity contribution is -0.138. The summed E-state index contributed by atoms with van der Waals surface area (Å²) in [5, 5.41) is 9.75. The number of rotatable bonds is 5. The van der Waals surface area contributed by atoms with Gasteiger partial charge in [-0.3, -0.25) is 4.79 Å². The van der Waals surface area contributed by atoms with E-state index < -0.39 is 0 Å². The summed E-state index contributed by atoms with van der Waals surface area (Å²) >= 11 is 1.68. The maximum absolute atomic E-state index is 13.6. The van der Waals surface area contributed by atoms with Gasteiger partial charge in [0.25, 0.3) is 0 Å². The average molecular weight is 519 g/mol. The van der Waals surface area contributed by atoms with E-state index in [0.29, 0.717) is 30.9 Å². The first-order chi connectivity index (χ1) is 18.0. The molecule has 1 saturated heterocycles. The maximum atomic E-state index is 13.6. The number of aromatic nitrogens is 5. The van der Waals surface area contributed by atoms with Gasteiger partial charge in [0, 0.05) is 43.0 Å². The van der Waals surface area contributed by atoms with Crippen LogP contribution in [0.5, 0.6) is 0 Å². The zero-order chi connectivity index (χ0) is 25.5. The number of aryl methyl sites for hydroxylation is 1. The van der Waals surface area contributed by atoms with Gasteiger partial charge >= 0.3 is 0 Å². The van der Waals surface area contributed by atoms with Gasteiger partial charge in [0.1, 0.15) is 16.2 Å². The number of nitrogens with two attached hydrogens (primary N) is 1. The first-order valence-corrected chi connectivity index (χ1v) is 14.2. The van der Waals surface area contributed by atoms with Crippen molar-refractivity contribution in [3.05, 3.63) is 35.2 Å². The number of hydrogen-bond donors (Lipinski definition) is 1. The van der Waals surface area contributed by atoms with E-state index in [1.807, 2.05) is 22.9 Å². The van der Waals surface area contributed by atoms with Crippen LogP contribution in [-0.2, 0) is 17.8 Å². The molecular formula is C27H34N8OS. The second-order valence-corrected chi connectivity index (χ2v) is 11.6. The van der Waals surface area contributed by atoms with Crippen LogP contribution in [0.1, 0.15) is 44.4 Å². The minimum absolute atomic E-state index is 0.0812. The normalized spacial score (nSPS) is 22.7. The molecule has 0 spiro atoms. The van der Waals surface area contributed by atoms with Crippen molar-refractivity contribution < 1.29 is 4.79 Å². The van der Waals surface area contributed by atoms with E-state index in [2.05, 4.69) is 56.1 Å². The van der Waals surface area contributed by atoms with Gasteiger partial charge in [-0.05, 0) is 56.7 Å². The zero-order valence-electron chi connectivity index (χ0n) is 21.5. The number of anilines is 2. The summed E-state index contributed by atoms with van der Waals surface area (Å²) in [5.41, 5.74) is 8.07. The van der Waals surface area contributed by atoms with Gasteiger partial charge in [0.15, 0.2) is 0 Å². The molecule has 6 rings (SSSR count). The third kappa shape index (κ3) is 4.63. The standard InChI is InChI=1S/C27H34N8OS/c1-3-20-14-21-24(29-27(28)30-25(21)37-20)34-12-11-33(15-17(34)2)26(36)19-8-6-7-18(13-19)16-35-23-10-5-4-9-22(23)31-32-35/h4-5,9-10,14,17-19H,3,6-8,11-13,15-16H2,1-2H3,(H2,28,29,30). The Kier molecular flexibility index (Phi) is 6.44. The molecule has 1 saturated carbocycles. The Bertz CT molecular complexity index is 1430. The van der Waals surface area contributed by atoms with E-state index in [9.17, 15) is 4.79 Å². The fourth-order valence-corrected chi connectivity index (χ4v) is 7.04. The van der Waals surface area contributed by atoms with Crippen LogP contribution >= 0.6 is 11.3 Å². The Morgan fingerprint density at radius 1 is 1.19 bits per heavy atom. The number of benzene rings is 1. The molecule has 4 heterocycles. The Morgan fingerprint density at radius 2 is 2.05 bits per heavy atom. The quantitative estimate of drug-likeness (QED) is 0.423. The van der Waals surface area contributed by atoms with Crippen molar-refractivity contribution in [2.24, 2.45) is 11.8 Å². The summed E-state index contributed by atoms with van der Waals surface area (Å²) in [7, 11) is 0. The van der Waals surface area contributed by atoms with Crippen molar-refractivity contribution in [2.75, 3.05) is 30.3 Å². The highest BCUT2D eigenvalue weighted by Gasteiger charge is 2.35. The van der Waals surface area contributed by atoms with E-state index in [4.69, 9.17) is 5.73 Å². The number of fused-ring (bicyclic) bond motifs is 2. The average Bonchev–Trinajstić information content (AvgIpc) is 3.52. The number of nitrogens with zero attached hydrogens (tertiary/aromatic N) is 7. The Labute approximate surface area is 220 Å². The molecule has 194 valence electrons. The molecule has 2 fully saturated rings. The van der Waals surface area contributed by atoms with Crippen molar-refractivity contribution in [2.45, 2.75) is 58.5 Å². The molecule has 10 heteroatoms. The molecule has 3 atom stereocenters. The lowest BCUT2D eigenvalue weighted by Crippen LogP contribution is -2.55. The molecule has 2 aliphatic rings. The molecule has 2 N–H and O–H groups in total. The Hall–Kier alpha value is -3.27. The smallest absolute Gasteiger partial charge is 0.225 e. The molecule has 1 aromatic carbocycles. The van der Waals surface area contributed by atoms with Crippen molar-refractivity contribution in [3.8, 4) is 0 Å². The van der Waals surface area contributed by atoms with Crippen molar-refractivity contribution in [3.63, 3.8) is 0 Å². The zero-order valence-corrected chi connectivity index (χ0v) is 22.3. The number of para-hydroxylation sites is 1. The fourth-order valence-electron chi connectivity index (χ4n) is 6.07. The summed E-state index contributed by atoms with van der Waals surface area (Å²) in [5.74, 6) is 2.03. The molecule has 4 aromatic rings. The van der Waals surface area contributed by atoms with Gasteiger partial charge in [-0.2, -0.15) is 4.98 Å². The van der Waals surface area contributed by atoms with Crippen LogP contribution in [-0.4, -0.2) is 61.4 Å². The molecular weight excluding hydrogens is 484 g/mol. The van der Waals surface area contributed by atoms with E-state index in [1.54, 1.807) is 11.3 Å². The van der Waals surface area contributed by atoms with Crippen LogP contribution in [0, 0.1) is 11.8 Å². The first-order valence-electron chi connectivity index (χ1n) is 13.4. The number of nitrogen functional groups attached to an aromatic ring is 1. The number of carbonyl (C=O) groups excluding carboxylic acids is 1. The molecule has 3 aromatic heterocycles. The Balaban J connectivity index is 1.13. The van der Waals surface area contributed by atoms with E-state index in [0.717, 1.165) is 72.3 Å². The van der Waals surface area contributed by atoms with E-state index in [1.165, 1.54) is 4.88 Å². The highest BCUT2D eigenvalue weighted by atomic mass is 32.1. The van der Waals surface area contributed by atoms with Gasteiger partial charge in [-0.25, -0.2) is 9.67 Å². The number of piperazine rings is 1. The number of carbonyl (C=O) groups is 1. The van der Waals surface area contributed by atoms with Gasteiger partial charge in [0.05, 0.1) is 10.9 Å². The van der Waals surface area contributed by atoms with Crippen molar-refractivity contribution >= 4 is 50.3 Å². The van der Waals surface area contributed by atoms with Gasteiger partial charge in [0.2, 0.25) is 11.9 Å². The lowest BCUT2D eigenvalue weighted by atomic mass is 9.80. The van der Waals surface area contributed by atoms with Crippen molar-refractivity contribution in [1.82, 2.24) is 29.9 Å². The van der Waals surface area contributed by atoms with Gasteiger partial charge < -0.3 is 15.5 Å². The second kappa shape index (κ2) is 9.89. The van der Waals surface area contributed by atoms with Crippen LogP contribution in [0.25, 0.3) is 21.3 Å². The summed E-state index contributed by atoms with van der Waals surface area (Å²) in [6, 6.07) is 10.4. The molecule has 37 heavy (non-hydrogen) atoms. The second-order valence-electron chi connectivity index (χ2n) is 10.5. The summed E-state index contributed by atoms with van der Waals surface area (Å²) in [6.07, 6.45) is 5.07. The van der Waals surface area contributed by atoms with Crippen LogP contribution in [0.2, 0.25) is 0 Å². The molecule has 0 radical (unpaired) electrons. The van der Waals surface area contributed by atoms with Crippen LogP contribution in [0.15, 0.2) is 30.3 Å². The third-order valence-electron chi connectivity index (χ3n) is 7.98. The van der Waals surface area contributed by atoms with Gasteiger partial charge in [-0.15, -0.1) is 16.4 Å².